The molecule has 0 radical (unpaired) electrons. The van der Waals surface area contributed by atoms with Crippen LogP contribution in [0.2, 0.25) is 0 Å². The maximum Gasteiger partial charge on any atom is 0.325 e. The third-order valence-electron chi connectivity index (χ3n) is 5.34. The quantitative estimate of drug-likeness (QED) is 0.537. The number of imide groups is 1. The van der Waals surface area contributed by atoms with Crippen molar-refractivity contribution in [1.29, 1.82) is 0 Å². The van der Waals surface area contributed by atoms with Crippen LogP contribution in [0.1, 0.15) is 12.5 Å². The second-order valence-corrected chi connectivity index (χ2v) is 7.26. The predicted octanol–water partition coefficient (Wildman–Crippen LogP) is -1.54. The molecule has 2 fully saturated rings. The van der Waals surface area contributed by atoms with Gasteiger partial charge in [-0.25, -0.2) is 4.79 Å². The molecule has 3 heterocycles. The standard InChI is InChI=1S/C18H23N3O6/c1-18(12-2-3-14-15(8-12)27-11-26-14)16(23)21(17(24)19-18)10-13(22)9-20-4-6-25-7-5-20/h2-3,8,13,22H,4-7,9-11H2,1H3,(H,19,24)/p+1/t13-,18-/m1/s1. The van der Waals surface area contributed by atoms with E-state index in [2.05, 4.69) is 5.32 Å². The van der Waals surface area contributed by atoms with E-state index >= 15 is 0 Å². The molecule has 0 aromatic heterocycles. The number of carbonyl (C=O) groups excluding carboxylic acids is 2. The number of urea groups is 1. The molecule has 0 unspecified atom stereocenters. The lowest BCUT2D eigenvalue weighted by molar-refractivity contribution is -0.910. The Kier molecular flexibility index (Phi) is 4.67. The number of hydrogen-bond acceptors (Lipinski definition) is 6. The molecule has 2 saturated heterocycles. The number of morpholine rings is 1. The van der Waals surface area contributed by atoms with Crippen molar-refractivity contribution in [1.82, 2.24) is 10.2 Å². The SMILES string of the molecule is C[C@]1(c2ccc3c(c2)OCO3)NC(=O)N(C[C@H](O)C[NH+]2CCOCC2)C1=O. The molecule has 3 aliphatic rings. The molecule has 0 spiro atoms. The molecule has 146 valence electrons. The number of nitrogens with zero attached hydrogens (tertiary/aromatic N) is 1. The second-order valence-electron chi connectivity index (χ2n) is 7.26. The zero-order valence-corrected chi connectivity index (χ0v) is 15.2. The van der Waals surface area contributed by atoms with Crippen LogP contribution in [0.3, 0.4) is 0 Å². The Morgan fingerprint density at radius 1 is 1.26 bits per heavy atom. The zero-order chi connectivity index (χ0) is 19.0. The summed E-state index contributed by atoms with van der Waals surface area (Å²) in [6.07, 6.45) is -0.785. The first-order valence-corrected chi connectivity index (χ1v) is 9.11. The van der Waals surface area contributed by atoms with Gasteiger partial charge in [0.15, 0.2) is 11.5 Å². The van der Waals surface area contributed by atoms with Gasteiger partial charge in [-0.2, -0.15) is 0 Å². The fraction of sp³-hybridized carbons (Fsp3) is 0.556. The predicted molar refractivity (Wildman–Crippen MR) is 92.6 cm³/mol. The first kappa shape index (κ1) is 18.0. The normalized spacial score (nSPS) is 26.4. The Hall–Kier alpha value is -2.36. The number of β-amino-alcohol motifs (C(OH)–C–C–N with tert-alkyl or cyclic N) is 1. The minimum Gasteiger partial charge on any atom is -0.454 e. The van der Waals surface area contributed by atoms with E-state index in [9.17, 15) is 14.7 Å². The first-order chi connectivity index (χ1) is 13.0. The Labute approximate surface area is 156 Å². The van der Waals surface area contributed by atoms with Crippen molar-refractivity contribution in [2.45, 2.75) is 18.6 Å². The van der Waals surface area contributed by atoms with Crippen molar-refractivity contribution in [2.24, 2.45) is 0 Å². The minimum atomic E-state index is -1.20. The lowest BCUT2D eigenvalue weighted by Crippen LogP contribution is -3.15. The number of carbonyl (C=O) groups is 2. The number of amides is 3. The van der Waals surface area contributed by atoms with Gasteiger partial charge in [-0.05, 0) is 24.6 Å². The van der Waals surface area contributed by atoms with Gasteiger partial charge in [-0.1, -0.05) is 6.07 Å². The molecule has 27 heavy (non-hydrogen) atoms. The molecule has 3 aliphatic heterocycles. The highest BCUT2D eigenvalue weighted by atomic mass is 16.7. The van der Waals surface area contributed by atoms with E-state index in [4.69, 9.17) is 14.2 Å². The number of ether oxygens (including phenoxy) is 3. The van der Waals surface area contributed by atoms with Crippen LogP contribution in [0.25, 0.3) is 0 Å². The summed E-state index contributed by atoms with van der Waals surface area (Å²) in [5, 5.41) is 13.1. The van der Waals surface area contributed by atoms with Crippen molar-refractivity contribution in [3.05, 3.63) is 23.8 Å². The maximum atomic E-state index is 13.0. The largest absolute Gasteiger partial charge is 0.454 e. The van der Waals surface area contributed by atoms with E-state index in [1.165, 1.54) is 4.90 Å². The molecular formula is C18H24N3O6+. The maximum absolute atomic E-state index is 13.0. The number of quaternary nitrogens is 1. The summed E-state index contributed by atoms with van der Waals surface area (Å²) in [6, 6.07) is 4.67. The first-order valence-electron chi connectivity index (χ1n) is 9.11. The van der Waals surface area contributed by atoms with Crippen LogP contribution in [0.15, 0.2) is 18.2 Å². The summed E-state index contributed by atoms with van der Waals surface area (Å²) in [5.41, 5.74) is -0.593. The van der Waals surface area contributed by atoms with E-state index in [-0.39, 0.29) is 19.2 Å². The van der Waals surface area contributed by atoms with Gasteiger partial charge >= 0.3 is 6.03 Å². The lowest BCUT2D eigenvalue weighted by atomic mass is 9.91. The van der Waals surface area contributed by atoms with Gasteiger partial charge in [0.05, 0.1) is 19.8 Å². The summed E-state index contributed by atoms with van der Waals surface area (Å²) in [5.74, 6) is 0.771. The fourth-order valence-corrected chi connectivity index (χ4v) is 3.74. The van der Waals surface area contributed by atoms with Gasteiger partial charge in [0.1, 0.15) is 31.3 Å². The monoisotopic (exact) mass is 378 g/mol. The molecule has 0 saturated carbocycles. The van der Waals surface area contributed by atoms with Crippen molar-refractivity contribution < 1.29 is 33.8 Å². The Balaban J connectivity index is 1.46. The molecule has 1 aromatic rings. The number of benzene rings is 1. The second kappa shape index (κ2) is 6.99. The average molecular weight is 378 g/mol. The lowest BCUT2D eigenvalue weighted by Gasteiger charge is -2.27. The smallest absolute Gasteiger partial charge is 0.325 e. The molecule has 0 bridgehead atoms. The van der Waals surface area contributed by atoms with E-state index in [0.29, 0.717) is 36.8 Å². The molecule has 4 rings (SSSR count). The highest BCUT2D eigenvalue weighted by Gasteiger charge is 2.50. The van der Waals surface area contributed by atoms with Crippen molar-refractivity contribution in [3.8, 4) is 11.5 Å². The Morgan fingerprint density at radius 2 is 2.00 bits per heavy atom. The molecule has 0 aliphatic carbocycles. The van der Waals surface area contributed by atoms with E-state index in [1.54, 1.807) is 25.1 Å². The number of hydrogen-bond donors (Lipinski definition) is 3. The topological polar surface area (TPSA) is 102 Å². The van der Waals surface area contributed by atoms with Gasteiger partial charge in [-0.15, -0.1) is 0 Å². The summed E-state index contributed by atoms with van der Waals surface area (Å²) in [4.78, 5) is 27.7. The number of rotatable bonds is 5. The Bertz CT molecular complexity index is 751. The van der Waals surface area contributed by atoms with Crippen LogP contribution in [-0.4, -0.2) is 74.2 Å². The number of fused-ring (bicyclic) bond motifs is 1. The fourth-order valence-electron chi connectivity index (χ4n) is 3.74. The van der Waals surface area contributed by atoms with Gasteiger partial charge < -0.3 is 29.5 Å². The average Bonchev–Trinajstić information content (AvgIpc) is 3.21. The number of aliphatic hydroxyl groups excluding tert-OH is 1. The molecular weight excluding hydrogens is 354 g/mol. The van der Waals surface area contributed by atoms with Crippen LogP contribution in [-0.2, 0) is 15.1 Å². The third kappa shape index (κ3) is 3.33. The third-order valence-corrected chi connectivity index (χ3v) is 5.34. The highest BCUT2D eigenvalue weighted by molar-refractivity contribution is 6.07. The van der Waals surface area contributed by atoms with Crippen molar-refractivity contribution in [2.75, 3.05) is 46.2 Å². The van der Waals surface area contributed by atoms with Crippen LogP contribution >= 0.6 is 0 Å². The molecule has 3 N–H and O–H groups in total. The van der Waals surface area contributed by atoms with E-state index < -0.39 is 17.7 Å². The molecule has 2 atom stereocenters. The van der Waals surface area contributed by atoms with E-state index in [0.717, 1.165) is 18.0 Å². The number of aliphatic hydroxyl groups is 1. The van der Waals surface area contributed by atoms with Crippen molar-refractivity contribution in [3.63, 3.8) is 0 Å². The highest BCUT2D eigenvalue weighted by Crippen LogP contribution is 2.37. The zero-order valence-electron chi connectivity index (χ0n) is 15.2. The summed E-state index contributed by atoms with van der Waals surface area (Å²) in [7, 11) is 0. The molecule has 3 amide bonds. The molecule has 9 heteroatoms. The van der Waals surface area contributed by atoms with Crippen LogP contribution in [0.4, 0.5) is 4.79 Å². The van der Waals surface area contributed by atoms with Gasteiger partial charge in [0, 0.05) is 0 Å². The van der Waals surface area contributed by atoms with Crippen LogP contribution in [0, 0.1) is 0 Å². The van der Waals surface area contributed by atoms with Crippen LogP contribution < -0.4 is 19.7 Å². The van der Waals surface area contributed by atoms with Gasteiger partial charge in [-0.3, -0.25) is 9.69 Å². The Morgan fingerprint density at radius 3 is 2.78 bits per heavy atom. The van der Waals surface area contributed by atoms with Gasteiger partial charge in [0.2, 0.25) is 6.79 Å². The van der Waals surface area contributed by atoms with Crippen LogP contribution in [0.5, 0.6) is 11.5 Å². The summed E-state index contributed by atoms with van der Waals surface area (Å²) >= 11 is 0. The van der Waals surface area contributed by atoms with E-state index in [1.807, 2.05) is 0 Å². The molecule has 1 aromatic carbocycles. The summed E-state index contributed by atoms with van der Waals surface area (Å²) < 4.78 is 16.0. The van der Waals surface area contributed by atoms with Crippen molar-refractivity contribution >= 4 is 11.9 Å². The molecule has 9 nitrogen and oxygen atoms in total. The van der Waals surface area contributed by atoms with Gasteiger partial charge in [0.25, 0.3) is 5.91 Å². The minimum absolute atomic E-state index is 0.0326. The number of nitrogens with one attached hydrogen (secondary N) is 2. The summed E-state index contributed by atoms with van der Waals surface area (Å²) in [6.45, 7) is 5.18.